The number of methoxy groups -OCH3 is 1. The van der Waals surface area contributed by atoms with Crippen LogP contribution in [0.1, 0.15) is 41.4 Å². The Morgan fingerprint density at radius 3 is 2.64 bits per heavy atom. The Bertz CT molecular complexity index is 400. The average molecular weight is 196 g/mol. The van der Waals surface area contributed by atoms with Crippen molar-refractivity contribution in [1.82, 2.24) is 9.97 Å². The molecule has 0 saturated heterocycles. The van der Waals surface area contributed by atoms with Crippen LogP contribution in [-0.2, 0) is 4.74 Å². The number of hydrogen-bond acceptors (Lipinski definition) is 3. The Kier molecular flexibility index (Phi) is 2.15. The van der Waals surface area contributed by atoms with Gasteiger partial charge in [0.2, 0.25) is 0 Å². The number of carbonyl (C=O) groups excluding carboxylic acids is 1. The first-order valence-corrected chi connectivity index (χ1v) is 4.63. The van der Waals surface area contributed by atoms with E-state index < -0.39 is 5.97 Å². The van der Waals surface area contributed by atoms with Crippen molar-refractivity contribution in [3.05, 3.63) is 21.9 Å². The number of imidazole rings is 1. The summed E-state index contributed by atoms with van der Waals surface area (Å²) in [5.41, 5.74) is 0.641. The van der Waals surface area contributed by atoms with Crippen LogP contribution >= 0.6 is 0 Å². The summed E-state index contributed by atoms with van der Waals surface area (Å²) < 4.78 is 4.58. The molecule has 1 aliphatic rings. The Hall–Kier alpha value is -1.52. The van der Waals surface area contributed by atoms with Gasteiger partial charge >= 0.3 is 11.7 Å². The van der Waals surface area contributed by atoms with Gasteiger partial charge in [-0.15, -0.1) is 0 Å². The highest BCUT2D eigenvalue weighted by Crippen LogP contribution is 2.36. The van der Waals surface area contributed by atoms with E-state index in [1.54, 1.807) is 0 Å². The first-order chi connectivity index (χ1) is 6.72. The summed E-state index contributed by atoms with van der Waals surface area (Å²) in [7, 11) is 1.30. The third-order valence-corrected chi connectivity index (χ3v) is 2.66. The van der Waals surface area contributed by atoms with Crippen molar-refractivity contribution in [3.8, 4) is 0 Å². The second kappa shape index (κ2) is 3.32. The van der Waals surface area contributed by atoms with Crippen molar-refractivity contribution >= 4 is 5.97 Å². The lowest BCUT2D eigenvalue weighted by Gasteiger charge is -2.24. The van der Waals surface area contributed by atoms with E-state index in [2.05, 4.69) is 14.7 Å². The molecule has 1 saturated carbocycles. The van der Waals surface area contributed by atoms with Crippen LogP contribution in [0.15, 0.2) is 4.79 Å². The normalized spacial score (nSPS) is 16.4. The van der Waals surface area contributed by atoms with E-state index in [0.717, 1.165) is 19.3 Å². The molecule has 5 nitrogen and oxygen atoms in total. The Morgan fingerprint density at radius 1 is 1.43 bits per heavy atom. The largest absolute Gasteiger partial charge is 0.464 e. The molecular weight excluding hydrogens is 184 g/mol. The quantitative estimate of drug-likeness (QED) is 0.685. The monoisotopic (exact) mass is 196 g/mol. The molecule has 0 aromatic carbocycles. The summed E-state index contributed by atoms with van der Waals surface area (Å²) in [5.74, 6) is -0.173. The van der Waals surface area contributed by atoms with Crippen molar-refractivity contribution in [2.24, 2.45) is 0 Å². The predicted octanol–water partition coefficient (Wildman–Crippen LogP) is 0.757. The van der Waals surface area contributed by atoms with E-state index in [1.807, 2.05) is 0 Å². The third-order valence-electron chi connectivity index (χ3n) is 2.66. The fraction of sp³-hybridized carbons (Fsp3) is 0.556. The van der Waals surface area contributed by atoms with Crippen molar-refractivity contribution in [2.45, 2.75) is 25.2 Å². The molecule has 0 amide bonds. The number of aromatic amines is 2. The molecule has 0 aliphatic heterocycles. The number of carbonyl (C=O) groups is 1. The van der Waals surface area contributed by atoms with Gasteiger partial charge in [-0.25, -0.2) is 9.59 Å². The standard InChI is InChI=1S/C9H12N2O3/c1-14-8(12)7-6(5-3-2-4-5)10-9(13)11-7/h5H,2-4H2,1H3,(H2,10,11,13). The van der Waals surface area contributed by atoms with Gasteiger partial charge in [-0.3, -0.25) is 4.98 Å². The van der Waals surface area contributed by atoms with Gasteiger partial charge in [-0.05, 0) is 12.8 Å². The van der Waals surface area contributed by atoms with Crippen molar-refractivity contribution in [2.75, 3.05) is 7.11 Å². The van der Waals surface area contributed by atoms with Gasteiger partial charge in [0.05, 0.1) is 12.8 Å². The maximum absolute atomic E-state index is 11.3. The van der Waals surface area contributed by atoms with E-state index in [1.165, 1.54) is 7.11 Å². The minimum Gasteiger partial charge on any atom is -0.464 e. The second-order valence-electron chi connectivity index (χ2n) is 3.49. The molecule has 1 aromatic heterocycles. The topological polar surface area (TPSA) is 75.0 Å². The molecule has 2 rings (SSSR count). The summed E-state index contributed by atoms with van der Waals surface area (Å²) in [5, 5.41) is 0. The average Bonchev–Trinajstić information content (AvgIpc) is 2.43. The highest BCUT2D eigenvalue weighted by molar-refractivity contribution is 5.88. The first kappa shape index (κ1) is 9.05. The number of hydrogen-bond donors (Lipinski definition) is 2. The van der Waals surface area contributed by atoms with Crippen LogP contribution in [0, 0.1) is 0 Å². The van der Waals surface area contributed by atoms with Crippen LogP contribution in [0.5, 0.6) is 0 Å². The van der Waals surface area contributed by atoms with Crippen LogP contribution in [-0.4, -0.2) is 23.0 Å². The number of ether oxygens (including phenoxy) is 1. The van der Waals surface area contributed by atoms with Gasteiger partial charge in [-0.1, -0.05) is 6.42 Å². The molecule has 5 heteroatoms. The highest BCUT2D eigenvalue weighted by Gasteiger charge is 2.27. The van der Waals surface area contributed by atoms with Gasteiger partial charge in [0.15, 0.2) is 0 Å². The highest BCUT2D eigenvalue weighted by atomic mass is 16.5. The van der Waals surface area contributed by atoms with E-state index in [9.17, 15) is 9.59 Å². The maximum atomic E-state index is 11.3. The van der Waals surface area contributed by atoms with Gasteiger partial charge in [0.25, 0.3) is 0 Å². The summed E-state index contributed by atoms with van der Waals surface area (Å²) in [6.45, 7) is 0. The number of esters is 1. The van der Waals surface area contributed by atoms with Crippen molar-refractivity contribution in [3.63, 3.8) is 0 Å². The Morgan fingerprint density at radius 2 is 2.14 bits per heavy atom. The third kappa shape index (κ3) is 1.34. The minimum absolute atomic E-state index is 0.280. The number of aromatic nitrogens is 2. The summed E-state index contributed by atoms with van der Waals surface area (Å²) >= 11 is 0. The molecule has 0 spiro atoms. The number of H-pyrrole nitrogens is 2. The predicted molar refractivity (Wildman–Crippen MR) is 49.3 cm³/mol. The SMILES string of the molecule is COC(=O)c1[nH]c(=O)[nH]c1C1CCC1. The van der Waals surface area contributed by atoms with Crippen molar-refractivity contribution in [1.29, 1.82) is 0 Å². The molecule has 14 heavy (non-hydrogen) atoms. The molecule has 1 fully saturated rings. The van der Waals surface area contributed by atoms with Gasteiger partial charge in [0.1, 0.15) is 5.69 Å². The lowest BCUT2D eigenvalue weighted by molar-refractivity contribution is 0.0591. The van der Waals surface area contributed by atoms with Crippen LogP contribution in [0.3, 0.4) is 0 Å². The molecule has 1 heterocycles. The number of rotatable bonds is 2. The fourth-order valence-electron chi connectivity index (χ4n) is 1.66. The van der Waals surface area contributed by atoms with Crippen LogP contribution < -0.4 is 5.69 Å². The Balaban J connectivity index is 2.37. The second-order valence-corrected chi connectivity index (χ2v) is 3.49. The fourth-order valence-corrected chi connectivity index (χ4v) is 1.66. The number of nitrogens with one attached hydrogen (secondary N) is 2. The molecule has 0 bridgehead atoms. The molecule has 0 atom stereocenters. The van der Waals surface area contributed by atoms with Crippen molar-refractivity contribution < 1.29 is 9.53 Å². The molecule has 1 aromatic rings. The molecule has 76 valence electrons. The van der Waals surface area contributed by atoms with E-state index in [4.69, 9.17) is 0 Å². The Labute approximate surface area is 80.5 Å². The summed E-state index contributed by atoms with van der Waals surface area (Å²) in [6, 6.07) is 0. The smallest absolute Gasteiger partial charge is 0.356 e. The molecule has 0 radical (unpaired) electrons. The van der Waals surface area contributed by atoms with E-state index in [0.29, 0.717) is 11.6 Å². The summed E-state index contributed by atoms with van der Waals surface area (Å²) in [6.07, 6.45) is 3.20. The van der Waals surface area contributed by atoms with E-state index >= 15 is 0 Å². The van der Waals surface area contributed by atoms with E-state index in [-0.39, 0.29) is 11.4 Å². The maximum Gasteiger partial charge on any atom is 0.356 e. The van der Waals surface area contributed by atoms with Gasteiger partial charge in [-0.2, -0.15) is 0 Å². The zero-order chi connectivity index (χ0) is 10.1. The van der Waals surface area contributed by atoms with Gasteiger partial charge in [0, 0.05) is 5.92 Å². The molecular formula is C9H12N2O3. The van der Waals surface area contributed by atoms with Gasteiger partial charge < -0.3 is 9.72 Å². The zero-order valence-electron chi connectivity index (χ0n) is 7.92. The first-order valence-electron chi connectivity index (χ1n) is 4.63. The van der Waals surface area contributed by atoms with Crippen LogP contribution in [0.4, 0.5) is 0 Å². The summed E-state index contributed by atoms with van der Waals surface area (Å²) in [4.78, 5) is 27.4. The zero-order valence-corrected chi connectivity index (χ0v) is 7.92. The molecule has 0 unspecified atom stereocenters. The minimum atomic E-state index is -0.481. The lowest BCUT2D eigenvalue weighted by atomic mass is 9.82. The lowest BCUT2D eigenvalue weighted by Crippen LogP contribution is -2.14. The molecule has 1 aliphatic carbocycles. The van der Waals surface area contributed by atoms with Crippen LogP contribution in [0.2, 0.25) is 0 Å². The molecule has 2 N–H and O–H groups in total. The van der Waals surface area contributed by atoms with Crippen LogP contribution in [0.25, 0.3) is 0 Å².